The predicted octanol–water partition coefficient (Wildman–Crippen LogP) is 4.69. The molecule has 1 amide bonds. The average molecular weight is 501 g/mol. The first-order valence-corrected chi connectivity index (χ1v) is 12.8. The number of nitrogens with two attached hydrogens (primary N) is 1. The molecule has 0 atom stereocenters. The largest absolute Gasteiger partial charge is 0.397 e. The Morgan fingerprint density at radius 1 is 0.972 bits per heavy atom. The number of nitrogens with zero attached hydrogens (tertiary/aromatic N) is 2. The van der Waals surface area contributed by atoms with E-state index < -0.39 is 10.0 Å². The molecule has 1 aromatic heterocycles. The molecule has 0 aliphatic heterocycles. The first-order chi connectivity index (χ1) is 17.2. The third-order valence-electron chi connectivity index (χ3n) is 5.50. The number of carbonyl (C=O) groups excluding carboxylic acids is 1. The molecule has 0 aliphatic carbocycles. The summed E-state index contributed by atoms with van der Waals surface area (Å²) in [6.45, 7) is 0.794. The van der Waals surface area contributed by atoms with Crippen molar-refractivity contribution < 1.29 is 13.2 Å². The van der Waals surface area contributed by atoms with Crippen molar-refractivity contribution >= 4 is 33.4 Å². The normalized spacial score (nSPS) is 11.8. The third kappa shape index (κ3) is 5.91. The van der Waals surface area contributed by atoms with Gasteiger partial charge in [-0.1, -0.05) is 42.5 Å². The van der Waals surface area contributed by atoms with E-state index in [9.17, 15) is 13.2 Å². The quantitative estimate of drug-likeness (QED) is 0.270. The number of nitrogen functional groups attached to an aromatic ring is 1. The van der Waals surface area contributed by atoms with Crippen LogP contribution in [0.2, 0.25) is 0 Å². The molecule has 4 rings (SSSR count). The van der Waals surface area contributed by atoms with E-state index >= 15 is 0 Å². The van der Waals surface area contributed by atoms with E-state index in [-0.39, 0.29) is 10.8 Å². The van der Waals surface area contributed by atoms with Crippen molar-refractivity contribution in [1.82, 2.24) is 8.87 Å². The van der Waals surface area contributed by atoms with Gasteiger partial charge in [0.05, 0.1) is 16.3 Å². The van der Waals surface area contributed by atoms with Gasteiger partial charge in [-0.2, -0.15) is 0 Å². The fraction of sp³-hybridized carbons (Fsp3) is 0.107. The van der Waals surface area contributed by atoms with E-state index in [0.717, 1.165) is 27.2 Å². The lowest BCUT2D eigenvalue weighted by atomic mass is 10.0. The summed E-state index contributed by atoms with van der Waals surface area (Å²) in [5.74, 6) is -0.368. The molecule has 8 heteroatoms. The summed E-state index contributed by atoms with van der Waals surface area (Å²) in [7, 11) is 0.199. The number of aromatic nitrogens is 1. The minimum atomic E-state index is -3.81. The molecule has 0 aliphatic rings. The zero-order chi connectivity index (χ0) is 25.7. The second-order valence-corrected chi connectivity index (χ2v) is 10.5. The fourth-order valence-electron chi connectivity index (χ4n) is 3.77. The molecule has 0 spiro atoms. The third-order valence-corrected chi connectivity index (χ3v) is 7.14. The maximum Gasteiger partial charge on any atom is 0.267 e. The molecule has 0 fully saturated rings. The Kier molecular flexibility index (Phi) is 7.38. The summed E-state index contributed by atoms with van der Waals surface area (Å²) < 4.78 is 27.8. The van der Waals surface area contributed by atoms with Crippen LogP contribution in [0.5, 0.6) is 0 Å². The monoisotopic (exact) mass is 500 g/mol. The lowest BCUT2D eigenvalue weighted by molar-refractivity contribution is -0.111. The number of anilines is 2. The Balaban J connectivity index is 1.52. The zero-order valence-corrected chi connectivity index (χ0v) is 20.9. The summed E-state index contributed by atoms with van der Waals surface area (Å²) in [6.07, 6.45) is 5.82. The summed E-state index contributed by atoms with van der Waals surface area (Å²) in [5, 5.41) is 2.70. The van der Waals surface area contributed by atoms with E-state index in [0.29, 0.717) is 16.9 Å². The highest BCUT2D eigenvalue weighted by Gasteiger charge is 2.17. The molecule has 184 valence electrons. The molecule has 1 heterocycles. The van der Waals surface area contributed by atoms with E-state index in [4.69, 9.17) is 5.73 Å². The minimum absolute atomic E-state index is 0.182. The van der Waals surface area contributed by atoms with Crippen LogP contribution >= 0.6 is 0 Å². The number of para-hydroxylation sites is 2. The first-order valence-electron chi connectivity index (χ1n) is 11.3. The number of hydrogen-bond donors (Lipinski definition) is 2. The van der Waals surface area contributed by atoms with Crippen molar-refractivity contribution in [3.05, 3.63) is 108 Å². The van der Waals surface area contributed by atoms with E-state index in [1.54, 1.807) is 54.6 Å². The smallest absolute Gasteiger partial charge is 0.267 e. The molecule has 0 saturated heterocycles. The number of nitrogens with one attached hydrogen (secondary N) is 1. The molecule has 0 radical (unpaired) electrons. The summed E-state index contributed by atoms with van der Waals surface area (Å²) in [5.41, 5.74) is 10.3. The van der Waals surface area contributed by atoms with Gasteiger partial charge in [0, 0.05) is 25.0 Å². The number of rotatable bonds is 8. The van der Waals surface area contributed by atoms with Crippen molar-refractivity contribution in [3.8, 4) is 11.1 Å². The topological polar surface area (TPSA) is 97.4 Å². The first kappa shape index (κ1) is 25.0. The van der Waals surface area contributed by atoms with Crippen molar-refractivity contribution in [1.29, 1.82) is 0 Å². The Bertz CT molecular complexity index is 1520. The molecule has 7 nitrogen and oxygen atoms in total. The van der Waals surface area contributed by atoms with Crippen LogP contribution in [0.25, 0.3) is 17.2 Å². The standard InChI is InChI=1S/C28H28N4O3S/c1-31(2)19-22-7-5-8-23(17-22)24-9-6-10-25(18-24)36(34,35)32-16-15-21(20-32)13-14-28(33)30-27-12-4-3-11-26(27)29/h3-18,20H,19,29H2,1-2H3,(H,30,33)/b14-13+. The van der Waals surface area contributed by atoms with Gasteiger partial charge in [0.25, 0.3) is 10.0 Å². The van der Waals surface area contributed by atoms with Gasteiger partial charge in [0.2, 0.25) is 5.91 Å². The van der Waals surface area contributed by atoms with Crippen LogP contribution in [-0.4, -0.2) is 37.3 Å². The van der Waals surface area contributed by atoms with Gasteiger partial charge in [-0.25, -0.2) is 12.4 Å². The highest BCUT2D eigenvalue weighted by molar-refractivity contribution is 7.90. The van der Waals surface area contributed by atoms with Gasteiger partial charge in [0.15, 0.2) is 0 Å². The van der Waals surface area contributed by atoms with Gasteiger partial charge in [-0.05, 0) is 78.8 Å². The van der Waals surface area contributed by atoms with Crippen LogP contribution in [0.15, 0.2) is 102 Å². The molecule has 0 bridgehead atoms. The van der Waals surface area contributed by atoms with Gasteiger partial charge in [-0.15, -0.1) is 0 Å². The van der Waals surface area contributed by atoms with Gasteiger partial charge in [-0.3, -0.25) is 4.79 Å². The van der Waals surface area contributed by atoms with Crippen LogP contribution in [0.1, 0.15) is 11.1 Å². The Morgan fingerprint density at radius 3 is 2.44 bits per heavy atom. The van der Waals surface area contributed by atoms with Crippen LogP contribution in [0.4, 0.5) is 11.4 Å². The van der Waals surface area contributed by atoms with E-state index in [1.807, 2.05) is 38.4 Å². The Labute approximate surface area is 211 Å². The number of amides is 1. The van der Waals surface area contributed by atoms with E-state index in [2.05, 4.69) is 16.3 Å². The van der Waals surface area contributed by atoms with Crippen molar-refractivity contribution in [2.75, 3.05) is 25.1 Å². The molecule has 4 aromatic rings. The SMILES string of the molecule is CN(C)Cc1cccc(-c2cccc(S(=O)(=O)n3ccc(/C=C/C(=O)Nc4ccccc4N)c3)c2)c1. The maximum absolute atomic E-state index is 13.3. The van der Waals surface area contributed by atoms with Crippen LogP contribution in [0, 0.1) is 0 Å². The van der Waals surface area contributed by atoms with Crippen molar-refractivity contribution in [2.45, 2.75) is 11.4 Å². The molecular formula is C28H28N4O3S. The molecule has 36 heavy (non-hydrogen) atoms. The van der Waals surface area contributed by atoms with Gasteiger partial charge >= 0.3 is 0 Å². The zero-order valence-electron chi connectivity index (χ0n) is 20.1. The minimum Gasteiger partial charge on any atom is -0.397 e. The summed E-state index contributed by atoms with van der Waals surface area (Å²) in [4.78, 5) is 14.5. The van der Waals surface area contributed by atoms with Gasteiger partial charge < -0.3 is 16.0 Å². The average Bonchev–Trinajstić information content (AvgIpc) is 3.34. The lowest BCUT2D eigenvalue weighted by Gasteiger charge is -2.12. The molecule has 3 aromatic carbocycles. The number of hydrogen-bond acceptors (Lipinski definition) is 5. The summed E-state index contributed by atoms with van der Waals surface area (Å²) in [6, 6.07) is 23.5. The van der Waals surface area contributed by atoms with Crippen LogP contribution < -0.4 is 11.1 Å². The molecule has 0 saturated carbocycles. The van der Waals surface area contributed by atoms with Crippen molar-refractivity contribution in [3.63, 3.8) is 0 Å². The molecule has 0 unspecified atom stereocenters. The Morgan fingerprint density at radius 2 is 1.69 bits per heavy atom. The predicted molar refractivity (Wildman–Crippen MR) is 145 cm³/mol. The second-order valence-electron chi connectivity index (χ2n) is 8.66. The number of benzene rings is 3. The van der Waals surface area contributed by atoms with Crippen LogP contribution in [0.3, 0.4) is 0 Å². The lowest BCUT2D eigenvalue weighted by Crippen LogP contribution is -2.11. The van der Waals surface area contributed by atoms with E-state index in [1.165, 1.54) is 18.5 Å². The summed E-state index contributed by atoms with van der Waals surface area (Å²) >= 11 is 0. The van der Waals surface area contributed by atoms with Crippen LogP contribution in [-0.2, 0) is 21.4 Å². The Hall–Kier alpha value is -4.14. The van der Waals surface area contributed by atoms with Crippen molar-refractivity contribution in [2.24, 2.45) is 0 Å². The maximum atomic E-state index is 13.3. The molecule has 3 N–H and O–H groups in total. The number of carbonyl (C=O) groups is 1. The van der Waals surface area contributed by atoms with Gasteiger partial charge in [0.1, 0.15) is 0 Å². The second kappa shape index (κ2) is 10.6. The molecular weight excluding hydrogens is 472 g/mol. The fourth-order valence-corrected chi connectivity index (χ4v) is 5.02. The highest BCUT2D eigenvalue weighted by atomic mass is 32.2. The highest BCUT2D eigenvalue weighted by Crippen LogP contribution is 2.25.